The van der Waals surface area contributed by atoms with Crippen LogP contribution in [0.1, 0.15) is 109 Å². The fraction of sp³-hybridized carbons (Fsp3) is 0.667. The highest BCUT2D eigenvalue weighted by molar-refractivity contribution is 5.55. The molecule has 1 heterocycles. The van der Waals surface area contributed by atoms with E-state index in [9.17, 15) is 0 Å². The molecular weight excluding hydrogens is 404 g/mol. The number of hydrogen-bond acceptors (Lipinski definition) is 3. The van der Waals surface area contributed by atoms with Crippen molar-refractivity contribution in [1.29, 1.82) is 0 Å². The zero-order chi connectivity index (χ0) is 23.1. The molecule has 1 aliphatic carbocycles. The van der Waals surface area contributed by atoms with Crippen LogP contribution in [0.4, 0.5) is 0 Å². The molecule has 0 unspecified atom stereocenters. The van der Waals surface area contributed by atoms with E-state index in [2.05, 4.69) is 48.1 Å². The van der Waals surface area contributed by atoms with E-state index < -0.39 is 0 Å². The second-order valence-electron chi connectivity index (χ2n) is 10.1. The van der Waals surface area contributed by atoms with Gasteiger partial charge in [-0.1, -0.05) is 84.5 Å². The van der Waals surface area contributed by atoms with E-state index in [1.165, 1.54) is 89.0 Å². The third-order valence-corrected chi connectivity index (χ3v) is 7.34. The van der Waals surface area contributed by atoms with Crippen LogP contribution in [0.3, 0.4) is 0 Å². The van der Waals surface area contributed by atoms with Gasteiger partial charge in [0, 0.05) is 18.0 Å². The molecule has 1 saturated carbocycles. The highest BCUT2D eigenvalue weighted by Crippen LogP contribution is 2.34. The lowest BCUT2D eigenvalue weighted by atomic mass is 9.78. The smallest absolute Gasteiger partial charge is 0.159 e. The number of nitrogens with zero attached hydrogens (tertiary/aromatic N) is 2. The topological polar surface area (TPSA) is 35.0 Å². The molecule has 0 radical (unpaired) electrons. The molecule has 0 bridgehead atoms. The maximum Gasteiger partial charge on any atom is 0.159 e. The summed E-state index contributed by atoms with van der Waals surface area (Å²) in [6, 6.07) is 8.26. The average molecular weight is 451 g/mol. The van der Waals surface area contributed by atoms with Crippen molar-refractivity contribution in [3.05, 3.63) is 42.2 Å². The third kappa shape index (κ3) is 9.47. The number of unbranched alkanes of at least 4 members (excludes halogenated alkanes) is 5. The molecule has 1 aromatic heterocycles. The third-order valence-electron chi connectivity index (χ3n) is 7.34. The van der Waals surface area contributed by atoms with Gasteiger partial charge in [-0.15, -0.1) is 0 Å². The Kier molecular flexibility index (Phi) is 11.8. The summed E-state index contributed by atoms with van der Waals surface area (Å²) in [5, 5.41) is 0. The summed E-state index contributed by atoms with van der Waals surface area (Å²) < 4.78 is 6.01. The number of benzene rings is 1. The van der Waals surface area contributed by atoms with Crippen molar-refractivity contribution in [1.82, 2.24) is 9.97 Å². The minimum absolute atomic E-state index is 0.797. The maximum atomic E-state index is 6.01. The van der Waals surface area contributed by atoms with Gasteiger partial charge in [-0.25, -0.2) is 9.97 Å². The second kappa shape index (κ2) is 15.1. The Bertz CT molecular complexity index is 748. The quantitative estimate of drug-likeness (QED) is 0.254. The Morgan fingerprint density at radius 2 is 1.33 bits per heavy atom. The molecule has 3 heteroatoms. The molecule has 3 nitrogen and oxygen atoms in total. The van der Waals surface area contributed by atoms with Gasteiger partial charge in [0.15, 0.2) is 5.82 Å². The summed E-state index contributed by atoms with van der Waals surface area (Å²) in [5.41, 5.74) is 2.29. The van der Waals surface area contributed by atoms with Crippen molar-refractivity contribution >= 4 is 0 Å². The zero-order valence-electron chi connectivity index (χ0n) is 21.2. The second-order valence-corrected chi connectivity index (χ2v) is 10.1. The van der Waals surface area contributed by atoms with Crippen LogP contribution in [0.5, 0.6) is 5.75 Å². The Morgan fingerprint density at radius 3 is 1.97 bits per heavy atom. The van der Waals surface area contributed by atoms with E-state index in [0.29, 0.717) is 0 Å². The first kappa shape index (κ1) is 25.7. The van der Waals surface area contributed by atoms with Gasteiger partial charge in [-0.3, -0.25) is 0 Å². The Labute approximate surface area is 202 Å². The SMILES string of the molecule is CCCCCCCc1cnc(-c2ccc(OCCC[C@H]3CC[C@H](CCCC)CC3)cc2)nc1. The van der Waals surface area contributed by atoms with E-state index in [4.69, 9.17) is 4.74 Å². The largest absolute Gasteiger partial charge is 0.494 e. The van der Waals surface area contributed by atoms with Gasteiger partial charge in [0.05, 0.1) is 6.61 Å². The predicted octanol–water partition coefficient (Wildman–Crippen LogP) is 8.81. The monoisotopic (exact) mass is 450 g/mol. The van der Waals surface area contributed by atoms with Gasteiger partial charge in [0.25, 0.3) is 0 Å². The first-order chi connectivity index (χ1) is 16.3. The molecule has 3 rings (SSSR count). The van der Waals surface area contributed by atoms with Crippen LogP contribution >= 0.6 is 0 Å². The molecule has 1 fully saturated rings. The van der Waals surface area contributed by atoms with Crippen molar-refractivity contribution in [2.45, 2.75) is 110 Å². The van der Waals surface area contributed by atoms with Gasteiger partial charge in [0.1, 0.15) is 5.75 Å². The van der Waals surface area contributed by atoms with Crippen molar-refractivity contribution in [3.8, 4) is 17.1 Å². The minimum atomic E-state index is 0.797. The molecule has 1 aromatic carbocycles. The van der Waals surface area contributed by atoms with Crippen LogP contribution in [0, 0.1) is 11.8 Å². The van der Waals surface area contributed by atoms with Gasteiger partial charge < -0.3 is 4.74 Å². The normalized spacial score (nSPS) is 18.4. The Hall–Kier alpha value is -1.90. The molecule has 0 aliphatic heterocycles. The molecule has 0 saturated heterocycles. The summed E-state index contributed by atoms with van der Waals surface area (Å²) in [5.74, 6) is 3.67. The summed E-state index contributed by atoms with van der Waals surface area (Å²) in [6.07, 6.45) is 24.0. The van der Waals surface area contributed by atoms with Crippen LogP contribution in [0.25, 0.3) is 11.4 Å². The fourth-order valence-electron chi connectivity index (χ4n) is 5.13. The lowest BCUT2D eigenvalue weighted by Gasteiger charge is -2.28. The molecule has 0 N–H and O–H groups in total. The summed E-state index contributed by atoms with van der Waals surface area (Å²) >= 11 is 0. The summed E-state index contributed by atoms with van der Waals surface area (Å²) in [4.78, 5) is 9.18. The number of ether oxygens (including phenoxy) is 1. The molecule has 1 aliphatic rings. The lowest BCUT2D eigenvalue weighted by molar-refractivity contribution is 0.228. The van der Waals surface area contributed by atoms with Crippen molar-refractivity contribution in [2.24, 2.45) is 11.8 Å². The van der Waals surface area contributed by atoms with Crippen LogP contribution in [-0.4, -0.2) is 16.6 Å². The number of hydrogen-bond donors (Lipinski definition) is 0. The first-order valence-electron chi connectivity index (χ1n) is 13.8. The van der Waals surface area contributed by atoms with Crippen LogP contribution in [0.15, 0.2) is 36.7 Å². The molecule has 33 heavy (non-hydrogen) atoms. The number of rotatable bonds is 15. The first-order valence-corrected chi connectivity index (χ1v) is 13.8. The molecule has 0 spiro atoms. The van der Waals surface area contributed by atoms with Gasteiger partial charge in [-0.05, 0) is 67.3 Å². The van der Waals surface area contributed by atoms with Crippen LogP contribution in [0.2, 0.25) is 0 Å². The predicted molar refractivity (Wildman–Crippen MR) is 140 cm³/mol. The number of aromatic nitrogens is 2. The van der Waals surface area contributed by atoms with E-state index in [1.54, 1.807) is 0 Å². The highest BCUT2D eigenvalue weighted by Gasteiger charge is 2.20. The average Bonchev–Trinajstić information content (AvgIpc) is 2.87. The van der Waals surface area contributed by atoms with Crippen molar-refractivity contribution in [3.63, 3.8) is 0 Å². The number of aryl methyl sites for hydroxylation is 1. The van der Waals surface area contributed by atoms with Crippen LogP contribution in [-0.2, 0) is 6.42 Å². The van der Waals surface area contributed by atoms with Gasteiger partial charge in [0.2, 0.25) is 0 Å². The fourth-order valence-corrected chi connectivity index (χ4v) is 5.13. The molecule has 0 amide bonds. The van der Waals surface area contributed by atoms with Gasteiger partial charge in [-0.2, -0.15) is 0 Å². The van der Waals surface area contributed by atoms with Crippen molar-refractivity contribution in [2.75, 3.05) is 6.61 Å². The van der Waals surface area contributed by atoms with E-state index in [0.717, 1.165) is 48.4 Å². The lowest BCUT2D eigenvalue weighted by Crippen LogP contribution is -2.15. The maximum absolute atomic E-state index is 6.01. The Balaban J connectivity index is 1.32. The molecule has 182 valence electrons. The summed E-state index contributed by atoms with van der Waals surface area (Å²) in [7, 11) is 0. The standard InChI is InChI=1S/C30H46N2O/c1-3-5-7-8-9-12-27-23-31-30(32-24-27)28-18-20-29(21-19-28)33-22-10-13-26-16-14-25(15-17-26)11-6-4-2/h18-21,23-26H,3-17,22H2,1-2H3/t25-,26-. The van der Waals surface area contributed by atoms with E-state index >= 15 is 0 Å². The van der Waals surface area contributed by atoms with Gasteiger partial charge >= 0.3 is 0 Å². The Morgan fingerprint density at radius 1 is 0.727 bits per heavy atom. The van der Waals surface area contributed by atoms with E-state index in [-0.39, 0.29) is 0 Å². The molecule has 0 atom stereocenters. The molecule has 2 aromatic rings. The van der Waals surface area contributed by atoms with Crippen LogP contribution < -0.4 is 4.74 Å². The molecular formula is C30H46N2O. The zero-order valence-corrected chi connectivity index (χ0v) is 21.2. The minimum Gasteiger partial charge on any atom is -0.494 e. The van der Waals surface area contributed by atoms with E-state index in [1.807, 2.05) is 12.4 Å². The summed E-state index contributed by atoms with van der Waals surface area (Å²) in [6.45, 7) is 5.38. The highest BCUT2D eigenvalue weighted by atomic mass is 16.5. The van der Waals surface area contributed by atoms with Crippen molar-refractivity contribution < 1.29 is 4.74 Å².